The average molecular weight is 152 g/mol. The molecule has 1 nitrogen and oxygen atoms in total. The van der Waals surface area contributed by atoms with Gasteiger partial charge in [-0.05, 0) is 44.6 Å². The largest absolute Gasteiger partial charge is 0.495 e. The predicted octanol–water partition coefficient (Wildman–Crippen LogP) is 3.01. The van der Waals surface area contributed by atoms with E-state index in [0.717, 1.165) is 0 Å². The molecule has 1 heterocycles. The van der Waals surface area contributed by atoms with Gasteiger partial charge in [0, 0.05) is 6.42 Å². The molecule has 0 bridgehead atoms. The first-order valence-corrected chi connectivity index (χ1v) is 4.74. The molecule has 0 aromatic heterocycles. The highest BCUT2D eigenvalue weighted by atomic mass is 16.5. The molecule has 0 aromatic rings. The van der Waals surface area contributed by atoms with Crippen molar-refractivity contribution < 1.29 is 4.74 Å². The lowest BCUT2D eigenvalue weighted by molar-refractivity contribution is 0.0921. The van der Waals surface area contributed by atoms with E-state index >= 15 is 0 Å². The number of allylic oxidation sites excluding steroid dienone is 2. The number of ether oxygens (including phenoxy) is 1. The SMILES string of the molecule is C[C@@H]1CCC2=C(CCCC2)O1. The Bertz CT molecular complexity index is 181. The van der Waals surface area contributed by atoms with Crippen molar-refractivity contribution >= 4 is 0 Å². The van der Waals surface area contributed by atoms with Crippen molar-refractivity contribution in [3.63, 3.8) is 0 Å². The fourth-order valence-corrected chi connectivity index (χ4v) is 2.03. The second kappa shape index (κ2) is 2.88. The van der Waals surface area contributed by atoms with Gasteiger partial charge in [-0.15, -0.1) is 0 Å². The van der Waals surface area contributed by atoms with Crippen LogP contribution in [0.2, 0.25) is 0 Å². The summed E-state index contributed by atoms with van der Waals surface area (Å²) in [6, 6.07) is 0. The maximum atomic E-state index is 5.77. The first kappa shape index (κ1) is 7.20. The molecular formula is C10H16O. The highest BCUT2D eigenvalue weighted by Crippen LogP contribution is 2.33. The van der Waals surface area contributed by atoms with Crippen LogP contribution in [0.5, 0.6) is 0 Å². The summed E-state index contributed by atoms with van der Waals surface area (Å²) in [4.78, 5) is 0. The standard InChI is InChI=1S/C10H16O/c1-8-6-7-9-4-2-3-5-10(9)11-8/h8H,2-7H2,1H3/t8-/m1/s1. The highest BCUT2D eigenvalue weighted by molar-refractivity contribution is 5.14. The van der Waals surface area contributed by atoms with E-state index in [9.17, 15) is 0 Å². The molecule has 1 aliphatic heterocycles. The topological polar surface area (TPSA) is 9.23 Å². The van der Waals surface area contributed by atoms with Crippen molar-refractivity contribution in [2.45, 2.75) is 51.6 Å². The van der Waals surface area contributed by atoms with E-state index < -0.39 is 0 Å². The van der Waals surface area contributed by atoms with Crippen LogP contribution in [0.3, 0.4) is 0 Å². The third-order valence-corrected chi connectivity index (χ3v) is 2.72. The fourth-order valence-electron chi connectivity index (χ4n) is 2.03. The zero-order valence-corrected chi connectivity index (χ0v) is 7.23. The van der Waals surface area contributed by atoms with Crippen molar-refractivity contribution in [1.82, 2.24) is 0 Å². The maximum Gasteiger partial charge on any atom is 0.0957 e. The molecule has 0 radical (unpaired) electrons. The molecule has 1 atom stereocenters. The molecule has 62 valence electrons. The van der Waals surface area contributed by atoms with Gasteiger partial charge in [0.25, 0.3) is 0 Å². The second-order valence-corrected chi connectivity index (χ2v) is 3.70. The summed E-state index contributed by atoms with van der Waals surface area (Å²) >= 11 is 0. The lowest BCUT2D eigenvalue weighted by atomic mass is 9.91. The van der Waals surface area contributed by atoms with E-state index in [1.54, 1.807) is 5.57 Å². The van der Waals surface area contributed by atoms with Gasteiger partial charge < -0.3 is 4.74 Å². The van der Waals surface area contributed by atoms with Crippen LogP contribution in [0.15, 0.2) is 11.3 Å². The van der Waals surface area contributed by atoms with E-state index in [0.29, 0.717) is 6.10 Å². The fraction of sp³-hybridized carbons (Fsp3) is 0.800. The molecule has 0 saturated carbocycles. The molecule has 11 heavy (non-hydrogen) atoms. The van der Waals surface area contributed by atoms with Crippen LogP contribution in [0.4, 0.5) is 0 Å². The molecule has 0 saturated heterocycles. The summed E-state index contributed by atoms with van der Waals surface area (Å²) in [5.41, 5.74) is 1.62. The summed E-state index contributed by atoms with van der Waals surface area (Å²) in [6.45, 7) is 2.18. The molecule has 0 N–H and O–H groups in total. The molecule has 0 aromatic carbocycles. The number of rotatable bonds is 0. The van der Waals surface area contributed by atoms with E-state index in [4.69, 9.17) is 4.74 Å². The van der Waals surface area contributed by atoms with Gasteiger partial charge in [0.15, 0.2) is 0 Å². The minimum Gasteiger partial charge on any atom is -0.495 e. The summed E-state index contributed by atoms with van der Waals surface area (Å²) in [7, 11) is 0. The van der Waals surface area contributed by atoms with Crippen LogP contribution >= 0.6 is 0 Å². The monoisotopic (exact) mass is 152 g/mol. The summed E-state index contributed by atoms with van der Waals surface area (Å²) in [6.07, 6.45) is 8.26. The van der Waals surface area contributed by atoms with Crippen LogP contribution in [-0.2, 0) is 4.74 Å². The van der Waals surface area contributed by atoms with E-state index in [-0.39, 0.29) is 0 Å². The van der Waals surface area contributed by atoms with Crippen molar-refractivity contribution in [1.29, 1.82) is 0 Å². The van der Waals surface area contributed by atoms with Gasteiger partial charge in [-0.3, -0.25) is 0 Å². The molecule has 0 amide bonds. The Morgan fingerprint density at radius 1 is 1.18 bits per heavy atom. The molecule has 2 aliphatic rings. The van der Waals surface area contributed by atoms with E-state index in [2.05, 4.69) is 6.92 Å². The van der Waals surface area contributed by atoms with Gasteiger partial charge in [-0.1, -0.05) is 0 Å². The van der Waals surface area contributed by atoms with Crippen molar-refractivity contribution in [3.8, 4) is 0 Å². The summed E-state index contributed by atoms with van der Waals surface area (Å²) in [5.74, 6) is 1.34. The van der Waals surface area contributed by atoms with Gasteiger partial charge >= 0.3 is 0 Å². The minimum absolute atomic E-state index is 0.479. The van der Waals surface area contributed by atoms with Crippen LogP contribution in [-0.4, -0.2) is 6.10 Å². The Labute approximate surface area is 68.4 Å². The van der Waals surface area contributed by atoms with Crippen molar-refractivity contribution in [2.24, 2.45) is 0 Å². The molecule has 0 spiro atoms. The van der Waals surface area contributed by atoms with E-state index in [1.807, 2.05) is 0 Å². The first-order chi connectivity index (χ1) is 5.36. The number of hydrogen-bond donors (Lipinski definition) is 0. The molecule has 1 aliphatic carbocycles. The lowest BCUT2D eigenvalue weighted by Gasteiger charge is -2.29. The quantitative estimate of drug-likeness (QED) is 0.518. The maximum absolute atomic E-state index is 5.77. The summed E-state index contributed by atoms with van der Waals surface area (Å²) in [5, 5.41) is 0. The smallest absolute Gasteiger partial charge is 0.0957 e. The van der Waals surface area contributed by atoms with Gasteiger partial charge in [0.05, 0.1) is 11.9 Å². The third kappa shape index (κ3) is 1.42. The molecule has 0 unspecified atom stereocenters. The Morgan fingerprint density at radius 2 is 2.00 bits per heavy atom. The molecule has 1 heteroatoms. The Morgan fingerprint density at radius 3 is 2.91 bits per heavy atom. The van der Waals surface area contributed by atoms with Crippen LogP contribution < -0.4 is 0 Å². The normalized spacial score (nSPS) is 31.2. The first-order valence-electron chi connectivity index (χ1n) is 4.74. The van der Waals surface area contributed by atoms with Crippen molar-refractivity contribution in [2.75, 3.05) is 0 Å². The third-order valence-electron chi connectivity index (χ3n) is 2.72. The van der Waals surface area contributed by atoms with Gasteiger partial charge in [0.2, 0.25) is 0 Å². The van der Waals surface area contributed by atoms with Crippen LogP contribution in [0.1, 0.15) is 45.4 Å². The molecule has 2 rings (SSSR count). The zero-order valence-electron chi connectivity index (χ0n) is 7.23. The van der Waals surface area contributed by atoms with Crippen LogP contribution in [0, 0.1) is 0 Å². The van der Waals surface area contributed by atoms with Crippen LogP contribution in [0.25, 0.3) is 0 Å². The number of hydrogen-bond acceptors (Lipinski definition) is 1. The van der Waals surface area contributed by atoms with Gasteiger partial charge in [0.1, 0.15) is 0 Å². The lowest BCUT2D eigenvalue weighted by Crippen LogP contribution is -2.17. The predicted molar refractivity (Wildman–Crippen MR) is 45.3 cm³/mol. The van der Waals surface area contributed by atoms with Crippen molar-refractivity contribution in [3.05, 3.63) is 11.3 Å². The van der Waals surface area contributed by atoms with Gasteiger partial charge in [-0.25, -0.2) is 0 Å². The zero-order chi connectivity index (χ0) is 7.68. The Kier molecular flexibility index (Phi) is 1.89. The second-order valence-electron chi connectivity index (χ2n) is 3.70. The highest BCUT2D eigenvalue weighted by Gasteiger charge is 2.20. The minimum atomic E-state index is 0.479. The Balaban J connectivity index is 2.12. The molecule has 0 fully saturated rings. The van der Waals surface area contributed by atoms with Gasteiger partial charge in [-0.2, -0.15) is 0 Å². The Hall–Kier alpha value is -0.460. The summed E-state index contributed by atoms with van der Waals surface area (Å²) < 4.78 is 5.77. The van der Waals surface area contributed by atoms with E-state index in [1.165, 1.54) is 44.3 Å². The molecular weight excluding hydrogens is 136 g/mol. The average Bonchev–Trinajstić information content (AvgIpc) is 2.04.